The van der Waals surface area contributed by atoms with Crippen LogP contribution >= 0.6 is 0 Å². The van der Waals surface area contributed by atoms with E-state index < -0.39 is 39.3 Å². The highest BCUT2D eigenvalue weighted by atomic mass is 32.2. The number of nitrogens with one attached hydrogen (secondary N) is 2. The number of amides is 2. The molecule has 1 saturated heterocycles. The number of benzene rings is 4. The minimum atomic E-state index is -2.99. The smallest absolute Gasteiger partial charge is 0.335 e. The van der Waals surface area contributed by atoms with E-state index in [4.69, 9.17) is 9.47 Å². The average Bonchev–Trinajstić information content (AvgIpc) is 3.21. The van der Waals surface area contributed by atoms with E-state index in [0.29, 0.717) is 54.1 Å². The van der Waals surface area contributed by atoms with E-state index in [1.165, 1.54) is 0 Å². The van der Waals surface area contributed by atoms with E-state index >= 15 is 0 Å². The molecule has 1 unspecified atom stereocenters. The standard InChI is InChI=1S/C43H47N5O7S/c1-2-48-43(23-21-32(22-24-43)42(53)54)46-56(48,55)36-8-6-7-33(27-36)39(49)45-38-20-19-35(47-25-4-3-5-26-47)28-37(38)40(50)44-34-17-13-30(14-18-34)10-9-29-11-15-31(16-12-29)41(51)52/h6-8,11-20,27-28,32H,2-5,9-10,21-26H2,1H3,(H,44,50)(H,45,49)(H,51,52)(H,53,54). The molecule has 0 bridgehead atoms. The van der Waals surface area contributed by atoms with Crippen molar-refractivity contribution in [3.05, 3.63) is 119 Å². The molecule has 13 heteroatoms. The number of nitrogens with zero attached hydrogens (tertiary/aromatic N) is 3. The fraction of sp³-hybridized carbons (Fsp3) is 0.349. The number of piperidine rings is 1. The summed E-state index contributed by atoms with van der Waals surface area (Å²) in [4.78, 5) is 53.2. The van der Waals surface area contributed by atoms with Crippen molar-refractivity contribution in [2.45, 2.75) is 75.3 Å². The lowest BCUT2D eigenvalue weighted by atomic mass is 9.82. The fourth-order valence-electron chi connectivity index (χ4n) is 8.07. The molecular weight excluding hydrogens is 731 g/mol. The van der Waals surface area contributed by atoms with Crippen LogP contribution in [0.1, 0.15) is 94.1 Å². The monoisotopic (exact) mass is 777 g/mol. The molecule has 3 aliphatic rings. The lowest BCUT2D eigenvalue weighted by Gasteiger charge is -2.52. The molecule has 12 nitrogen and oxygen atoms in total. The van der Waals surface area contributed by atoms with Gasteiger partial charge in [-0.05, 0) is 130 Å². The van der Waals surface area contributed by atoms with Crippen LogP contribution in [0.4, 0.5) is 17.1 Å². The minimum Gasteiger partial charge on any atom is -0.481 e. The second-order valence-corrected chi connectivity index (χ2v) is 16.9. The predicted molar refractivity (Wildman–Crippen MR) is 216 cm³/mol. The van der Waals surface area contributed by atoms with E-state index in [9.17, 15) is 28.5 Å². The first kappa shape index (κ1) is 38.7. The van der Waals surface area contributed by atoms with Crippen molar-refractivity contribution in [3.63, 3.8) is 0 Å². The zero-order valence-electron chi connectivity index (χ0n) is 31.4. The predicted octanol–water partition coefficient (Wildman–Crippen LogP) is 7.71. The molecule has 4 aromatic rings. The van der Waals surface area contributed by atoms with Gasteiger partial charge in [0.05, 0.1) is 27.6 Å². The largest absolute Gasteiger partial charge is 0.481 e. The van der Waals surface area contributed by atoms with Gasteiger partial charge in [-0.15, -0.1) is 0 Å². The number of aryl methyl sites for hydroxylation is 2. The molecule has 4 aromatic carbocycles. The van der Waals surface area contributed by atoms with E-state index in [2.05, 4.69) is 15.5 Å². The fourth-order valence-corrected chi connectivity index (χ4v) is 10.7. The third-order valence-corrected chi connectivity index (χ3v) is 13.9. The van der Waals surface area contributed by atoms with Gasteiger partial charge in [0, 0.05) is 36.6 Å². The van der Waals surface area contributed by atoms with E-state index in [1.54, 1.807) is 42.5 Å². The minimum absolute atomic E-state index is 0.252. The Bertz CT molecular complexity index is 2250. The van der Waals surface area contributed by atoms with Gasteiger partial charge in [0.1, 0.15) is 15.6 Å². The molecule has 1 aliphatic carbocycles. The highest BCUT2D eigenvalue weighted by molar-refractivity contribution is 7.92. The molecule has 1 atom stereocenters. The first-order chi connectivity index (χ1) is 27.0. The van der Waals surface area contributed by atoms with E-state index in [-0.39, 0.29) is 17.0 Å². The Hall–Kier alpha value is -5.53. The summed E-state index contributed by atoms with van der Waals surface area (Å²) >= 11 is 0. The van der Waals surface area contributed by atoms with Gasteiger partial charge in [0.25, 0.3) is 11.8 Å². The highest BCUT2D eigenvalue weighted by Gasteiger charge is 2.53. The summed E-state index contributed by atoms with van der Waals surface area (Å²) < 4.78 is 21.0. The van der Waals surface area contributed by atoms with Crippen molar-refractivity contribution in [1.82, 2.24) is 4.31 Å². The maximum absolute atomic E-state index is 14.3. The van der Waals surface area contributed by atoms with Crippen LogP contribution in [0.2, 0.25) is 0 Å². The van der Waals surface area contributed by atoms with Crippen molar-refractivity contribution < 1.29 is 33.6 Å². The number of aromatic carboxylic acids is 1. The quantitative estimate of drug-likeness (QED) is 0.113. The molecule has 2 heterocycles. The Labute approximate surface area is 327 Å². The number of carbonyl (C=O) groups is 4. The van der Waals surface area contributed by atoms with Crippen molar-refractivity contribution in [1.29, 1.82) is 0 Å². The Balaban J connectivity index is 1.08. The zero-order chi connectivity index (χ0) is 39.5. The third-order valence-electron chi connectivity index (χ3n) is 11.2. The maximum atomic E-state index is 14.3. The van der Waals surface area contributed by atoms with Gasteiger partial charge < -0.3 is 25.7 Å². The van der Waals surface area contributed by atoms with Crippen LogP contribution in [0.15, 0.2) is 100 Å². The molecule has 2 amide bonds. The van der Waals surface area contributed by atoms with Crippen LogP contribution in [-0.2, 0) is 27.6 Å². The number of rotatable bonds is 12. The Morgan fingerprint density at radius 2 is 1.45 bits per heavy atom. The normalized spacial score (nSPS) is 22.1. The zero-order valence-corrected chi connectivity index (χ0v) is 32.2. The van der Waals surface area contributed by atoms with Gasteiger partial charge >= 0.3 is 11.9 Å². The number of anilines is 3. The summed E-state index contributed by atoms with van der Waals surface area (Å²) in [7, 11) is -2.99. The summed E-state index contributed by atoms with van der Waals surface area (Å²) in [5.41, 5.74) is 4.10. The Morgan fingerprint density at radius 3 is 2.07 bits per heavy atom. The van der Waals surface area contributed by atoms with Crippen LogP contribution in [-0.4, -0.2) is 67.8 Å². The number of hydrogen-bond acceptors (Lipinski definition) is 7. The van der Waals surface area contributed by atoms with Gasteiger partial charge in [-0.2, -0.15) is 8.67 Å². The Morgan fingerprint density at radius 1 is 0.786 bits per heavy atom. The first-order valence-corrected chi connectivity index (χ1v) is 20.8. The maximum Gasteiger partial charge on any atom is 0.335 e. The van der Waals surface area contributed by atoms with Gasteiger partial charge in [-0.3, -0.25) is 14.4 Å². The summed E-state index contributed by atoms with van der Waals surface area (Å²) in [6, 6.07) is 26.5. The second kappa shape index (κ2) is 16.3. The van der Waals surface area contributed by atoms with Crippen LogP contribution in [0, 0.1) is 5.92 Å². The van der Waals surface area contributed by atoms with Crippen LogP contribution in [0.25, 0.3) is 0 Å². The number of carbonyl (C=O) groups excluding carboxylic acids is 2. The summed E-state index contributed by atoms with van der Waals surface area (Å²) in [5, 5.41) is 24.6. The average molecular weight is 778 g/mol. The molecule has 1 saturated carbocycles. The SMILES string of the molecule is CCN1C2(CCC(C(=O)O)CC2)N=S1(=O)c1cccc(C(=O)Nc2ccc(N3CCCCC3)cc2C(=O)Nc2ccc(CCc3ccc(C(=O)O)cc3)cc2)c1. The number of carboxylic acids is 2. The van der Waals surface area contributed by atoms with Crippen LogP contribution in [0.5, 0.6) is 0 Å². The molecule has 7 rings (SSSR count). The van der Waals surface area contributed by atoms with Gasteiger partial charge in [0.2, 0.25) is 0 Å². The lowest BCUT2D eigenvalue weighted by Crippen LogP contribution is -2.60. The summed E-state index contributed by atoms with van der Waals surface area (Å²) in [6.45, 7) is 4.14. The highest BCUT2D eigenvalue weighted by Crippen LogP contribution is 2.48. The molecule has 0 radical (unpaired) electrons. The van der Waals surface area contributed by atoms with Crippen molar-refractivity contribution in [2.24, 2.45) is 10.3 Å². The molecule has 1 spiro atoms. The molecule has 2 fully saturated rings. The third kappa shape index (κ3) is 8.05. The van der Waals surface area contributed by atoms with E-state index in [0.717, 1.165) is 62.0 Å². The van der Waals surface area contributed by atoms with Crippen molar-refractivity contribution in [3.8, 4) is 0 Å². The van der Waals surface area contributed by atoms with Gasteiger partial charge in [0.15, 0.2) is 0 Å². The van der Waals surface area contributed by atoms with Gasteiger partial charge in [-0.25, -0.2) is 9.00 Å². The topological polar surface area (TPSA) is 169 Å². The lowest BCUT2D eigenvalue weighted by molar-refractivity contribution is -0.143. The van der Waals surface area contributed by atoms with Crippen LogP contribution < -0.4 is 15.5 Å². The van der Waals surface area contributed by atoms with Gasteiger partial charge in [-0.1, -0.05) is 37.3 Å². The second-order valence-electron chi connectivity index (χ2n) is 14.8. The molecule has 292 valence electrons. The molecule has 56 heavy (non-hydrogen) atoms. The van der Waals surface area contributed by atoms with Crippen molar-refractivity contribution in [2.75, 3.05) is 35.2 Å². The summed E-state index contributed by atoms with van der Waals surface area (Å²) in [5.74, 6) is -3.03. The van der Waals surface area contributed by atoms with Crippen molar-refractivity contribution >= 4 is 50.7 Å². The Kier molecular flexibility index (Phi) is 11.3. The molecule has 0 aromatic heterocycles. The van der Waals surface area contributed by atoms with Crippen LogP contribution in [0.3, 0.4) is 0 Å². The molecule has 2 aliphatic heterocycles. The number of aliphatic carboxylic acids is 1. The summed E-state index contributed by atoms with van der Waals surface area (Å²) in [6.07, 6.45) is 6.73. The number of carboxylic acid groups (broad SMARTS) is 2. The van der Waals surface area contributed by atoms with E-state index in [1.807, 2.05) is 59.8 Å². The molecular formula is C43H47N5O7S. The number of hydrogen-bond donors (Lipinski definition) is 4. The molecule has 4 N–H and O–H groups in total. The first-order valence-electron chi connectivity index (χ1n) is 19.3.